The number of aromatic nitrogens is 2. The SMILES string of the molecule is Cc1nc([C@@H]2CCOC2)cc(N2CCC(N3CCOCC3)CC2)n1. The molecule has 0 saturated carbocycles. The number of morpholine rings is 1. The lowest BCUT2D eigenvalue weighted by atomic mass is 10.0. The molecule has 3 saturated heterocycles. The molecule has 1 aromatic heterocycles. The van der Waals surface area contributed by atoms with Gasteiger partial charge in [-0.05, 0) is 26.2 Å². The first-order valence-electron chi connectivity index (χ1n) is 9.29. The summed E-state index contributed by atoms with van der Waals surface area (Å²) in [4.78, 5) is 14.4. The number of rotatable bonds is 3. The molecule has 1 aromatic rings. The van der Waals surface area contributed by atoms with E-state index < -0.39 is 0 Å². The molecule has 0 N–H and O–H groups in total. The van der Waals surface area contributed by atoms with Crippen LogP contribution in [0.25, 0.3) is 0 Å². The Kier molecular flexibility index (Phi) is 4.96. The molecule has 0 radical (unpaired) electrons. The van der Waals surface area contributed by atoms with E-state index in [4.69, 9.17) is 14.5 Å². The van der Waals surface area contributed by atoms with Crippen LogP contribution in [0, 0.1) is 6.92 Å². The van der Waals surface area contributed by atoms with E-state index in [0.29, 0.717) is 12.0 Å². The van der Waals surface area contributed by atoms with Gasteiger partial charge in [0.2, 0.25) is 0 Å². The Morgan fingerprint density at radius 2 is 1.75 bits per heavy atom. The van der Waals surface area contributed by atoms with Gasteiger partial charge in [-0.25, -0.2) is 9.97 Å². The van der Waals surface area contributed by atoms with Crippen LogP contribution in [-0.4, -0.2) is 73.5 Å². The Labute approximate surface area is 144 Å². The van der Waals surface area contributed by atoms with E-state index in [0.717, 1.165) is 76.4 Å². The quantitative estimate of drug-likeness (QED) is 0.838. The molecule has 0 spiro atoms. The predicted octanol–water partition coefficient (Wildman–Crippen LogP) is 1.59. The number of hydrogen-bond donors (Lipinski definition) is 0. The molecule has 0 bridgehead atoms. The smallest absolute Gasteiger partial charge is 0.132 e. The summed E-state index contributed by atoms with van der Waals surface area (Å²) in [5.41, 5.74) is 1.16. The fraction of sp³-hybridized carbons (Fsp3) is 0.778. The highest BCUT2D eigenvalue weighted by Crippen LogP contribution is 2.28. The second-order valence-corrected chi connectivity index (χ2v) is 7.13. The predicted molar refractivity (Wildman–Crippen MR) is 92.6 cm³/mol. The summed E-state index contributed by atoms with van der Waals surface area (Å²) in [6.07, 6.45) is 3.50. The van der Waals surface area contributed by atoms with E-state index in [-0.39, 0.29) is 0 Å². The lowest BCUT2D eigenvalue weighted by Crippen LogP contribution is -2.49. The molecule has 0 aromatic carbocycles. The van der Waals surface area contributed by atoms with Crippen molar-refractivity contribution in [3.05, 3.63) is 17.6 Å². The van der Waals surface area contributed by atoms with Gasteiger partial charge in [-0.15, -0.1) is 0 Å². The van der Waals surface area contributed by atoms with Crippen LogP contribution in [0.3, 0.4) is 0 Å². The van der Waals surface area contributed by atoms with Crippen LogP contribution in [0.1, 0.15) is 36.7 Å². The maximum atomic E-state index is 5.53. The van der Waals surface area contributed by atoms with Gasteiger partial charge in [0.1, 0.15) is 11.6 Å². The van der Waals surface area contributed by atoms with Crippen LogP contribution in [0.2, 0.25) is 0 Å². The first-order chi connectivity index (χ1) is 11.8. The first kappa shape index (κ1) is 16.2. The van der Waals surface area contributed by atoms with Crippen molar-refractivity contribution in [1.82, 2.24) is 14.9 Å². The van der Waals surface area contributed by atoms with E-state index in [1.54, 1.807) is 0 Å². The van der Waals surface area contributed by atoms with Gasteiger partial charge in [0.15, 0.2) is 0 Å². The number of anilines is 1. The Bertz CT molecular complexity index is 548. The molecular weight excluding hydrogens is 304 g/mol. The molecule has 24 heavy (non-hydrogen) atoms. The highest BCUT2D eigenvalue weighted by Gasteiger charge is 2.27. The second kappa shape index (κ2) is 7.33. The maximum Gasteiger partial charge on any atom is 0.132 e. The minimum atomic E-state index is 0.441. The summed E-state index contributed by atoms with van der Waals surface area (Å²) in [7, 11) is 0. The number of ether oxygens (including phenoxy) is 2. The minimum absolute atomic E-state index is 0.441. The molecule has 1 atom stereocenters. The van der Waals surface area contributed by atoms with E-state index in [9.17, 15) is 0 Å². The third-order valence-corrected chi connectivity index (χ3v) is 5.54. The molecule has 4 rings (SSSR count). The molecule has 6 nitrogen and oxygen atoms in total. The second-order valence-electron chi connectivity index (χ2n) is 7.13. The third kappa shape index (κ3) is 3.55. The molecule has 0 aliphatic carbocycles. The Morgan fingerprint density at radius 3 is 2.46 bits per heavy atom. The standard InChI is InChI=1S/C18H28N4O2/c1-14-19-17(15-4-9-24-13-15)12-18(20-14)22-5-2-16(3-6-22)21-7-10-23-11-8-21/h12,15-16H,2-11,13H2,1H3/t15-/m1/s1. The van der Waals surface area contributed by atoms with Gasteiger partial charge in [0.25, 0.3) is 0 Å². The average molecular weight is 332 g/mol. The van der Waals surface area contributed by atoms with Crippen molar-refractivity contribution in [1.29, 1.82) is 0 Å². The summed E-state index contributed by atoms with van der Waals surface area (Å²) in [5, 5.41) is 0. The van der Waals surface area contributed by atoms with Gasteiger partial charge < -0.3 is 14.4 Å². The van der Waals surface area contributed by atoms with Crippen molar-refractivity contribution in [3.8, 4) is 0 Å². The first-order valence-corrected chi connectivity index (χ1v) is 9.29. The fourth-order valence-corrected chi connectivity index (χ4v) is 4.12. The van der Waals surface area contributed by atoms with Crippen LogP contribution >= 0.6 is 0 Å². The average Bonchev–Trinajstić information content (AvgIpc) is 3.17. The highest BCUT2D eigenvalue weighted by molar-refractivity contribution is 5.41. The van der Waals surface area contributed by atoms with E-state index in [1.165, 1.54) is 12.8 Å². The van der Waals surface area contributed by atoms with E-state index >= 15 is 0 Å². The van der Waals surface area contributed by atoms with Crippen molar-refractivity contribution in [2.75, 3.05) is 57.5 Å². The van der Waals surface area contributed by atoms with Gasteiger partial charge in [0.05, 0.1) is 25.5 Å². The summed E-state index contributed by atoms with van der Waals surface area (Å²) < 4.78 is 11.0. The molecule has 4 heterocycles. The van der Waals surface area contributed by atoms with Crippen molar-refractivity contribution < 1.29 is 9.47 Å². The highest BCUT2D eigenvalue weighted by atomic mass is 16.5. The van der Waals surface area contributed by atoms with E-state index in [2.05, 4.69) is 20.9 Å². The zero-order valence-electron chi connectivity index (χ0n) is 14.6. The van der Waals surface area contributed by atoms with Gasteiger partial charge in [-0.1, -0.05) is 0 Å². The lowest BCUT2D eigenvalue weighted by Gasteiger charge is -2.40. The Balaban J connectivity index is 1.41. The van der Waals surface area contributed by atoms with Gasteiger partial charge >= 0.3 is 0 Å². The monoisotopic (exact) mass is 332 g/mol. The normalized spacial score (nSPS) is 26.9. The number of nitrogens with zero attached hydrogens (tertiary/aromatic N) is 4. The maximum absolute atomic E-state index is 5.53. The fourth-order valence-electron chi connectivity index (χ4n) is 4.12. The van der Waals surface area contributed by atoms with Crippen LogP contribution in [0.15, 0.2) is 6.07 Å². The Hall–Kier alpha value is -1.24. The van der Waals surface area contributed by atoms with Crippen molar-refractivity contribution >= 4 is 5.82 Å². The lowest BCUT2D eigenvalue weighted by molar-refractivity contribution is 0.0114. The molecule has 3 aliphatic heterocycles. The number of piperidine rings is 1. The topological polar surface area (TPSA) is 50.7 Å². The van der Waals surface area contributed by atoms with Crippen LogP contribution in [-0.2, 0) is 9.47 Å². The molecule has 3 fully saturated rings. The molecule has 0 amide bonds. The zero-order valence-corrected chi connectivity index (χ0v) is 14.6. The molecule has 132 valence electrons. The number of hydrogen-bond acceptors (Lipinski definition) is 6. The van der Waals surface area contributed by atoms with Gasteiger partial charge in [-0.3, -0.25) is 4.90 Å². The minimum Gasteiger partial charge on any atom is -0.381 e. The summed E-state index contributed by atoms with van der Waals surface area (Å²) in [6, 6.07) is 2.90. The molecule has 6 heteroatoms. The largest absolute Gasteiger partial charge is 0.381 e. The summed E-state index contributed by atoms with van der Waals surface area (Å²) >= 11 is 0. The molecule has 0 unspecified atom stereocenters. The number of aryl methyl sites for hydroxylation is 1. The van der Waals surface area contributed by atoms with Crippen molar-refractivity contribution in [2.24, 2.45) is 0 Å². The van der Waals surface area contributed by atoms with Crippen molar-refractivity contribution in [3.63, 3.8) is 0 Å². The van der Waals surface area contributed by atoms with E-state index in [1.807, 2.05) is 6.92 Å². The van der Waals surface area contributed by atoms with Crippen LogP contribution in [0.5, 0.6) is 0 Å². The van der Waals surface area contributed by atoms with Crippen LogP contribution < -0.4 is 4.90 Å². The van der Waals surface area contributed by atoms with Crippen molar-refractivity contribution in [2.45, 2.75) is 38.1 Å². The van der Waals surface area contributed by atoms with Gasteiger partial charge in [0, 0.05) is 50.8 Å². The Morgan fingerprint density at radius 1 is 0.958 bits per heavy atom. The van der Waals surface area contributed by atoms with Gasteiger partial charge in [-0.2, -0.15) is 0 Å². The zero-order chi connectivity index (χ0) is 16.4. The summed E-state index contributed by atoms with van der Waals surface area (Å²) in [6.45, 7) is 9.77. The third-order valence-electron chi connectivity index (χ3n) is 5.54. The molecule has 3 aliphatic rings. The molecular formula is C18H28N4O2. The van der Waals surface area contributed by atoms with Crippen LogP contribution in [0.4, 0.5) is 5.82 Å². The summed E-state index contributed by atoms with van der Waals surface area (Å²) in [5.74, 6) is 2.42.